The Kier molecular flexibility index (Phi) is 8.30. The molecule has 1 aromatic rings. The van der Waals surface area contributed by atoms with E-state index in [4.69, 9.17) is 14.2 Å². The molecule has 0 aliphatic rings. The van der Waals surface area contributed by atoms with Gasteiger partial charge in [-0.2, -0.15) is 0 Å². The molecule has 134 valence electrons. The molecule has 0 saturated carbocycles. The van der Waals surface area contributed by atoms with Gasteiger partial charge in [-0.05, 0) is 38.8 Å². The van der Waals surface area contributed by atoms with Gasteiger partial charge in [0.2, 0.25) is 0 Å². The topological polar surface area (TPSA) is 61.8 Å². The smallest absolute Gasteiger partial charge is 0.347 e. The first kappa shape index (κ1) is 20.0. The normalized spacial score (nSPS) is 13.0. The molecule has 1 aromatic carbocycles. The van der Waals surface area contributed by atoms with Crippen molar-refractivity contribution in [3.63, 3.8) is 0 Å². The van der Waals surface area contributed by atoms with Crippen molar-refractivity contribution in [3.05, 3.63) is 29.3 Å². The molecule has 2 unspecified atom stereocenters. The average Bonchev–Trinajstić information content (AvgIpc) is 2.55. The van der Waals surface area contributed by atoms with Crippen LogP contribution >= 0.6 is 0 Å². The third-order valence-corrected chi connectivity index (χ3v) is 3.76. The number of aryl methyl sites for hydroxylation is 2. The fourth-order valence-corrected chi connectivity index (χ4v) is 2.00. The van der Waals surface area contributed by atoms with Gasteiger partial charge in [0.05, 0.1) is 19.1 Å². The summed E-state index contributed by atoms with van der Waals surface area (Å²) in [6, 6.07) is 5.79. The summed E-state index contributed by atoms with van der Waals surface area (Å²) in [4.78, 5) is 23.4. The number of carbonyl (C=O) groups is 2. The lowest BCUT2D eigenvalue weighted by atomic mass is 10.1. The van der Waals surface area contributed by atoms with Crippen LogP contribution in [0.25, 0.3) is 0 Å². The van der Waals surface area contributed by atoms with E-state index in [1.807, 2.05) is 45.9 Å². The lowest BCUT2D eigenvalue weighted by Crippen LogP contribution is -2.27. The van der Waals surface area contributed by atoms with Crippen LogP contribution < -0.4 is 4.74 Å². The first-order valence-corrected chi connectivity index (χ1v) is 8.42. The molecule has 24 heavy (non-hydrogen) atoms. The van der Waals surface area contributed by atoms with Gasteiger partial charge in [0.25, 0.3) is 0 Å². The molecule has 0 saturated heterocycles. The SMILES string of the molecule is CCC(C)C(=O)OCCCOC(=O)C(C)Oc1ccc(C)cc1C. The van der Waals surface area contributed by atoms with Gasteiger partial charge < -0.3 is 14.2 Å². The second-order valence-corrected chi connectivity index (χ2v) is 6.03. The minimum absolute atomic E-state index is 0.0984. The monoisotopic (exact) mass is 336 g/mol. The highest BCUT2D eigenvalue weighted by molar-refractivity contribution is 5.74. The first-order chi connectivity index (χ1) is 11.3. The van der Waals surface area contributed by atoms with Crippen LogP contribution in [-0.4, -0.2) is 31.3 Å². The summed E-state index contributed by atoms with van der Waals surface area (Å²) in [5.41, 5.74) is 2.12. The molecular formula is C19H28O5. The summed E-state index contributed by atoms with van der Waals surface area (Å²) >= 11 is 0. The minimum atomic E-state index is -0.686. The van der Waals surface area contributed by atoms with Crippen molar-refractivity contribution in [2.75, 3.05) is 13.2 Å². The van der Waals surface area contributed by atoms with Gasteiger partial charge >= 0.3 is 11.9 Å². The van der Waals surface area contributed by atoms with Crippen LogP contribution in [0.1, 0.15) is 44.7 Å². The van der Waals surface area contributed by atoms with E-state index in [1.54, 1.807) is 6.92 Å². The van der Waals surface area contributed by atoms with Crippen LogP contribution in [0, 0.1) is 19.8 Å². The number of benzene rings is 1. The van der Waals surface area contributed by atoms with Crippen LogP contribution in [0.4, 0.5) is 0 Å². The molecule has 0 aliphatic heterocycles. The molecule has 0 spiro atoms. The molecule has 0 aliphatic carbocycles. The van der Waals surface area contributed by atoms with Crippen molar-refractivity contribution >= 4 is 11.9 Å². The molecule has 5 nitrogen and oxygen atoms in total. The highest BCUT2D eigenvalue weighted by Gasteiger charge is 2.17. The number of hydrogen-bond acceptors (Lipinski definition) is 5. The van der Waals surface area contributed by atoms with Crippen molar-refractivity contribution in [1.29, 1.82) is 0 Å². The zero-order valence-electron chi connectivity index (χ0n) is 15.3. The summed E-state index contributed by atoms with van der Waals surface area (Å²) < 4.78 is 15.9. The molecule has 0 bridgehead atoms. The summed E-state index contributed by atoms with van der Waals surface area (Å²) in [6.45, 7) is 9.81. The maximum Gasteiger partial charge on any atom is 0.347 e. The fraction of sp³-hybridized carbons (Fsp3) is 0.579. The van der Waals surface area contributed by atoms with Gasteiger partial charge in [0, 0.05) is 6.42 Å². The maximum atomic E-state index is 11.9. The van der Waals surface area contributed by atoms with E-state index < -0.39 is 12.1 Å². The Bertz CT molecular complexity index is 553. The van der Waals surface area contributed by atoms with Gasteiger partial charge in [-0.1, -0.05) is 31.5 Å². The molecule has 0 fully saturated rings. The zero-order valence-corrected chi connectivity index (χ0v) is 15.3. The van der Waals surface area contributed by atoms with Crippen molar-refractivity contribution in [1.82, 2.24) is 0 Å². The molecule has 0 radical (unpaired) electrons. The quantitative estimate of drug-likeness (QED) is 0.509. The van der Waals surface area contributed by atoms with E-state index in [-0.39, 0.29) is 25.1 Å². The van der Waals surface area contributed by atoms with Crippen LogP contribution in [-0.2, 0) is 19.1 Å². The molecule has 0 heterocycles. The predicted octanol–water partition coefficient (Wildman–Crippen LogP) is 3.59. The number of carbonyl (C=O) groups excluding carboxylic acids is 2. The lowest BCUT2D eigenvalue weighted by molar-refractivity contribution is -0.152. The summed E-state index contributed by atoms with van der Waals surface area (Å²) in [5.74, 6) is -0.0649. The molecule has 0 N–H and O–H groups in total. The predicted molar refractivity (Wildman–Crippen MR) is 92.0 cm³/mol. The van der Waals surface area contributed by atoms with Gasteiger partial charge in [0.15, 0.2) is 6.10 Å². The van der Waals surface area contributed by atoms with Crippen molar-refractivity contribution in [2.24, 2.45) is 5.92 Å². The van der Waals surface area contributed by atoms with Gasteiger partial charge in [0.1, 0.15) is 5.75 Å². The molecule has 0 aromatic heterocycles. The van der Waals surface area contributed by atoms with E-state index in [2.05, 4.69) is 0 Å². The third kappa shape index (κ3) is 6.60. The number of esters is 2. The van der Waals surface area contributed by atoms with E-state index in [0.29, 0.717) is 12.2 Å². The molecule has 2 atom stereocenters. The Morgan fingerprint density at radius 2 is 1.67 bits per heavy atom. The summed E-state index contributed by atoms with van der Waals surface area (Å²) in [7, 11) is 0. The van der Waals surface area contributed by atoms with Crippen molar-refractivity contribution in [2.45, 2.75) is 53.6 Å². The fourth-order valence-electron chi connectivity index (χ4n) is 2.00. The summed E-state index contributed by atoms with van der Waals surface area (Å²) in [5, 5.41) is 0. The van der Waals surface area contributed by atoms with Gasteiger partial charge in [-0.15, -0.1) is 0 Å². The third-order valence-electron chi connectivity index (χ3n) is 3.76. The second-order valence-electron chi connectivity index (χ2n) is 6.03. The average molecular weight is 336 g/mol. The van der Waals surface area contributed by atoms with Crippen molar-refractivity contribution < 1.29 is 23.8 Å². The van der Waals surface area contributed by atoms with Crippen LogP contribution in [0.5, 0.6) is 5.75 Å². The van der Waals surface area contributed by atoms with Gasteiger partial charge in [-0.25, -0.2) is 4.79 Å². The Morgan fingerprint density at radius 1 is 1.04 bits per heavy atom. The Labute approximate surface area is 144 Å². The van der Waals surface area contributed by atoms with E-state index >= 15 is 0 Å². The van der Waals surface area contributed by atoms with E-state index in [9.17, 15) is 9.59 Å². The number of ether oxygens (including phenoxy) is 3. The maximum absolute atomic E-state index is 11.9. The second kappa shape index (κ2) is 9.96. The lowest BCUT2D eigenvalue weighted by Gasteiger charge is -2.16. The minimum Gasteiger partial charge on any atom is -0.479 e. The molecule has 5 heteroatoms. The molecular weight excluding hydrogens is 308 g/mol. The standard InChI is InChI=1S/C19H28O5/c1-6-14(3)18(20)22-10-7-11-23-19(21)16(5)24-17-9-8-13(2)12-15(17)4/h8-9,12,14,16H,6-7,10-11H2,1-5H3. The van der Waals surface area contributed by atoms with Crippen molar-refractivity contribution in [3.8, 4) is 5.75 Å². The van der Waals surface area contributed by atoms with E-state index in [1.165, 1.54) is 0 Å². The first-order valence-electron chi connectivity index (χ1n) is 8.42. The summed E-state index contributed by atoms with van der Waals surface area (Å²) in [6.07, 6.45) is 0.541. The van der Waals surface area contributed by atoms with Crippen LogP contribution in [0.2, 0.25) is 0 Å². The van der Waals surface area contributed by atoms with Crippen LogP contribution in [0.15, 0.2) is 18.2 Å². The molecule has 0 amide bonds. The Balaban J connectivity index is 2.28. The molecule has 1 rings (SSSR count). The highest BCUT2D eigenvalue weighted by atomic mass is 16.6. The largest absolute Gasteiger partial charge is 0.479 e. The number of rotatable bonds is 9. The van der Waals surface area contributed by atoms with E-state index in [0.717, 1.165) is 17.5 Å². The highest BCUT2D eigenvalue weighted by Crippen LogP contribution is 2.20. The van der Waals surface area contributed by atoms with Gasteiger partial charge in [-0.3, -0.25) is 4.79 Å². The number of hydrogen-bond donors (Lipinski definition) is 0. The Morgan fingerprint density at radius 3 is 2.25 bits per heavy atom. The van der Waals surface area contributed by atoms with Crippen LogP contribution in [0.3, 0.4) is 0 Å². The Hall–Kier alpha value is -2.04. The zero-order chi connectivity index (χ0) is 18.1.